The number of hydrogen-bond acceptors (Lipinski definition) is 3. The highest BCUT2D eigenvalue weighted by Gasteiger charge is 2.17. The highest BCUT2D eigenvalue weighted by atomic mass is 35.5. The predicted octanol–water partition coefficient (Wildman–Crippen LogP) is 4.03. The van der Waals surface area contributed by atoms with Crippen LogP contribution in [-0.2, 0) is 0 Å². The van der Waals surface area contributed by atoms with Gasteiger partial charge in [0, 0.05) is 28.8 Å². The van der Waals surface area contributed by atoms with E-state index in [4.69, 9.17) is 11.6 Å². The third-order valence-corrected chi connectivity index (χ3v) is 4.68. The van der Waals surface area contributed by atoms with Crippen LogP contribution in [0.25, 0.3) is 10.9 Å². The lowest BCUT2D eigenvalue weighted by Crippen LogP contribution is -2.35. The molecule has 0 radical (unpaired) electrons. The van der Waals surface area contributed by atoms with Crippen molar-refractivity contribution in [1.82, 2.24) is 9.88 Å². The van der Waals surface area contributed by atoms with E-state index >= 15 is 0 Å². The predicted molar refractivity (Wildman–Crippen MR) is 90.1 cm³/mol. The first-order valence-corrected chi connectivity index (χ1v) is 8.14. The van der Waals surface area contributed by atoms with Gasteiger partial charge in [-0.3, -0.25) is 4.98 Å². The quantitative estimate of drug-likeness (QED) is 0.924. The van der Waals surface area contributed by atoms with Crippen LogP contribution in [0, 0.1) is 5.92 Å². The molecule has 1 saturated heterocycles. The zero-order chi connectivity index (χ0) is 14.7. The van der Waals surface area contributed by atoms with Crippen LogP contribution in [0.3, 0.4) is 0 Å². The van der Waals surface area contributed by atoms with E-state index in [0.29, 0.717) is 0 Å². The SMILES string of the molecule is CCN1CCC(CNc2ccnc3cc(Cl)ccc23)CC1. The van der Waals surface area contributed by atoms with Crippen LogP contribution in [0.4, 0.5) is 5.69 Å². The van der Waals surface area contributed by atoms with Crippen molar-refractivity contribution in [2.75, 3.05) is 31.5 Å². The van der Waals surface area contributed by atoms with Crippen LogP contribution in [0.1, 0.15) is 19.8 Å². The van der Waals surface area contributed by atoms with Crippen molar-refractivity contribution < 1.29 is 0 Å². The Morgan fingerprint density at radius 1 is 1.29 bits per heavy atom. The van der Waals surface area contributed by atoms with Gasteiger partial charge in [0.1, 0.15) is 0 Å². The molecule has 1 aliphatic rings. The van der Waals surface area contributed by atoms with E-state index in [9.17, 15) is 0 Å². The van der Waals surface area contributed by atoms with Crippen LogP contribution in [0.2, 0.25) is 5.02 Å². The number of anilines is 1. The van der Waals surface area contributed by atoms with Gasteiger partial charge in [-0.15, -0.1) is 0 Å². The van der Waals surface area contributed by atoms with Crippen molar-refractivity contribution in [3.63, 3.8) is 0 Å². The van der Waals surface area contributed by atoms with Gasteiger partial charge in [-0.2, -0.15) is 0 Å². The molecule has 1 N–H and O–H groups in total. The van der Waals surface area contributed by atoms with Crippen molar-refractivity contribution in [2.24, 2.45) is 5.92 Å². The maximum atomic E-state index is 6.03. The molecule has 1 aliphatic heterocycles. The highest BCUT2D eigenvalue weighted by Crippen LogP contribution is 2.25. The minimum absolute atomic E-state index is 0.735. The molecule has 0 saturated carbocycles. The fourth-order valence-electron chi connectivity index (χ4n) is 3.04. The molecule has 21 heavy (non-hydrogen) atoms. The number of hydrogen-bond donors (Lipinski definition) is 1. The largest absolute Gasteiger partial charge is 0.384 e. The van der Waals surface area contributed by atoms with Crippen molar-refractivity contribution in [3.8, 4) is 0 Å². The van der Waals surface area contributed by atoms with Gasteiger partial charge in [0.05, 0.1) is 5.52 Å². The normalized spacial score (nSPS) is 17.2. The minimum atomic E-state index is 0.735. The number of halogens is 1. The smallest absolute Gasteiger partial charge is 0.0737 e. The van der Waals surface area contributed by atoms with Gasteiger partial charge in [0.15, 0.2) is 0 Å². The lowest BCUT2D eigenvalue weighted by Gasteiger charge is -2.31. The Morgan fingerprint density at radius 2 is 2.10 bits per heavy atom. The van der Waals surface area contributed by atoms with Gasteiger partial charge < -0.3 is 10.2 Å². The van der Waals surface area contributed by atoms with E-state index in [1.807, 2.05) is 24.4 Å². The Kier molecular flexibility index (Phi) is 4.61. The summed E-state index contributed by atoms with van der Waals surface area (Å²) in [6.07, 6.45) is 4.42. The van der Waals surface area contributed by atoms with E-state index in [-0.39, 0.29) is 0 Å². The second kappa shape index (κ2) is 6.63. The number of rotatable bonds is 4. The average Bonchev–Trinajstić information content (AvgIpc) is 2.53. The number of nitrogens with zero attached hydrogens (tertiary/aromatic N) is 2. The lowest BCUT2D eigenvalue weighted by molar-refractivity contribution is 0.198. The summed E-state index contributed by atoms with van der Waals surface area (Å²) in [5, 5.41) is 5.49. The van der Waals surface area contributed by atoms with Gasteiger partial charge in [-0.05, 0) is 62.7 Å². The van der Waals surface area contributed by atoms with Crippen LogP contribution in [-0.4, -0.2) is 36.1 Å². The molecular formula is C17H22ClN3. The second-order valence-electron chi connectivity index (χ2n) is 5.78. The molecule has 2 aromatic rings. The topological polar surface area (TPSA) is 28.2 Å². The Morgan fingerprint density at radius 3 is 2.86 bits per heavy atom. The fraction of sp³-hybridized carbons (Fsp3) is 0.471. The number of piperidine rings is 1. The molecule has 3 nitrogen and oxygen atoms in total. The molecule has 1 aromatic heterocycles. The summed E-state index contributed by atoms with van der Waals surface area (Å²) in [6, 6.07) is 7.95. The average molecular weight is 304 g/mol. The lowest BCUT2D eigenvalue weighted by atomic mass is 9.96. The summed E-state index contributed by atoms with van der Waals surface area (Å²) < 4.78 is 0. The molecule has 2 heterocycles. The minimum Gasteiger partial charge on any atom is -0.384 e. The molecule has 0 aliphatic carbocycles. The Hall–Kier alpha value is -1.32. The number of likely N-dealkylation sites (tertiary alicyclic amines) is 1. The summed E-state index contributed by atoms with van der Waals surface area (Å²) in [5.74, 6) is 0.767. The maximum absolute atomic E-state index is 6.03. The molecule has 0 amide bonds. The summed E-state index contributed by atoms with van der Waals surface area (Å²) >= 11 is 6.03. The first kappa shape index (κ1) is 14.6. The first-order valence-electron chi connectivity index (χ1n) is 7.76. The molecular weight excluding hydrogens is 282 g/mol. The summed E-state index contributed by atoms with van der Waals surface area (Å²) in [5.41, 5.74) is 2.11. The fourth-order valence-corrected chi connectivity index (χ4v) is 3.20. The maximum Gasteiger partial charge on any atom is 0.0737 e. The van der Waals surface area contributed by atoms with E-state index in [1.165, 1.54) is 32.5 Å². The van der Waals surface area contributed by atoms with Crippen LogP contribution in [0.15, 0.2) is 30.5 Å². The van der Waals surface area contributed by atoms with Gasteiger partial charge in [0.2, 0.25) is 0 Å². The van der Waals surface area contributed by atoms with Crippen molar-refractivity contribution in [1.29, 1.82) is 0 Å². The number of fused-ring (bicyclic) bond motifs is 1. The van der Waals surface area contributed by atoms with E-state index in [0.717, 1.165) is 34.1 Å². The molecule has 0 unspecified atom stereocenters. The molecule has 1 fully saturated rings. The van der Waals surface area contributed by atoms with Crippen molar-refractivity contribution in [3.05, 3.63) is 35.5 Å². The second-order valence-corrected chi connectivity index (χ2v) is 6.21. The summed E-state index contributed by atoms with van der Waals surface area (Å²) in [7, 11) is 0. The highest BCUT2D eigenvalue weighted by molar-refractivity contribution is 6.31. The molecule has 0 atom stereocenters. The standard InChI is InChI=1S/C17H22ClN3/c1-2-21-9-6-13(7-10-21)12-20-16-5-8-19-17-11-14(18)3-4-15(16)17/h3-5,8,11,13H,2,6-7,9-10,12H2,1H3,(H,19,20). The molecule has 0 spiro atoms. The molecule has 1 aromatic carbocycles. The first-order chi connectivity index (χ1) is 10.3. The summed E-state index contributed by atoms with van der Waals surface area (Å²) in [4.78, 5) is 6.92. The van der Waals surface area contributed by atoms with Crippen LogP contribution >= 0.6 is 11.6 Å². The molecule has 3 rings (SSSR count). The molecule has 0 bridgehead atoms. The number of nitrogens with one attached hydrogen (secondary N) is 1. The van der Waals surface area contributed by atoms with Crippen molar-refractivity contribution in [2.45, 2.75) is 19.8 Å². The van der Waals surface area contributed by atoms with Gasteiger partial charge in [-0.25, -0.2) is 0 Å². The monoisotopic (exact) mass is 303 g/mol. The zero-order valence-corrected chi connectivity index (χ0v) is 13.2. The molecule has 4 heteroatoms. The molecule has 112 valence electrons. The van der Waals surface area contributed by atoms with Gasteiger partial charge in [-0.1, -0.05) is 18.5 Å². The number of pyridine rings is 1. The Balaban J connectivity index is 1.66. The third kappa shape index (κ3) is 3.47. The van der Waals surface area contributed by atoms with Gasteiger partial charge in [0.25, 0.3) is 0 Å². The van der Waals surface area contributed by atoms with E-state index in [2.05, 4.69) is 28.2 Å². The van der Waals surface area contributed by atoms with Gasteiger partial charge >= 0.3 is 0 Å². The number of aromatic nitrogens is 1. The van der Waals surface area contributed by atoms with E-state index < -0.39 is 0 Å². The Labute approximate surface area is 131 Å². The third-order valence-electron chi connectivity index (χ3n) is 4.44. The summed E-state index contributed by atoms with van der Waals surface area (Å²) in [6.45, 7) is 6.92. The number of benzene rings is 1. The van der Waals surface area contributed by atoms with Crippen LogP contribution in [0.5, 0.6) is 0 Å². The zero-order valence-electron chi connectivity index (χ0n) is 12.5. The van der Waals surface area contributed by atoms with Crippen LogP contribution < -0.4 is 5.32 Å². The van der Waals surface area contributed by atoms with Crippen molar-refractivity contribution >= 4 is 28.2 Å². The Bertz CT molecular complexity index is 606. The van der Waals surface area contributed by atoms with E-state index in [1.54, 1.807) is 0 Å².